The standard InChI is InChI=1S/C51H37NS/c1-51(2)47-19-11-9-17-42(47)43-30-25-37(33-48(43)51)38-31-45(50-46(32-38)44-18-10-12-20-49(44)53-50)36-23-28-41(29-24-36)52(39-15-7-4-8-16-39)40-26-21-35(22-27-40)34-13-5-3-6-14-34/h3-33H,1-2H3. The van der Waals surface area contributed by atoms with E-state index in [1.807, 2.05) is 11.3 Å². The Labute approximate surface area is 315 Å². The maximum absolute atomic E-state index is 2.44. The molecule has 0 bridgehead atoms. The van der Waals surface area contributed by atoms with E-state index < -0.39 is 0 Å². The number of nitrogens with zero attached hydrogens (tertiary/aromatic N) is 1. The van der Waals surface area contributed by atoms with E-state index in [-0.39, 0.29) is 5.41 Å². The summed E-state index contributed by atoms with van der Waals surface area (Å²) in [6, 6.07) is 68.9. The molecule has 0 N–H and O–H groups in total. The number of hydrogen-bond acceptors (Lipinski definition) is 2. The van der Waals surface area contributed by atoms with Crippen LogP contribution in [0, 0.1) is 0 Å². The fraction of sp³-hybridized carbons (Fsp3) is 0.0588. The van der Waals surface area contributed by atoms with Crippen molar-refractivity contribution < 1.29 is 0 Å². The minimum absolute atomic E-state index is 0.0493. The zero-order valence-electron chi connectivity index (χ0n) is 29.8. The van der Waals surface area contributed by atoms with Crippen molar-refractivity contribution in [1.29, 1.82) is 0 Å². The van der Waals surface area contributed by atoms with Gasteiger partial charge < -0.3 is 4.90 Å². The fourth-order valence-corrected chi connectivity index (χ4v) is 9.56. The van der Waals surface area contributed by atoms with Gasteiger partial charge in [0.25, 0.3) is 0 Å². The van der Waals surface area contributed by atoms with Crippen LogP contribution in [0.25, 0.3) is 64.7 Å². The van der Waals surface area contributed by atoms with Crippen LogP contribution in [0.3, 0.4) is 0 Å². The van der Waals surface area contributed by atoms with Crippen molar-refractivity contribution in [1.82, 2.24) is 0 Å². The van der Waals surface area contributed by atoms with Crippen LogP contribution in [0.4, 0.5) is 17.1 Å². The van der Waals surface area contributed by atoms with Crippen LogP contribution in [0.5, 0.6) is 0 Å². The Morgan fingerprint density at radius 2 is 0.943 bits per heavy atom. The molecule has 0 fully saturated rings. The average molecular weight is 696 g/mol. The first-order chi connectivity index (χ1) is 26.0. The molecule has 2 heteroatoms. The lowest BCUT2D eigenvalue weighted by molar-refractivity contribution is 0.660. The number of fused-ring (bicyclic) bond motifs is 6. The highest BCUT2D eigenvalue weighted by Gasteiger charge is 2.35. The molecule has 1 aliphatic rings. The molecule has 8 aromatic carbocycles. The van der Waals surface area contributed by atoms with Gasteiger partial charge in [0.15, 0.2) is 0 Å². The third-order valence-corrected chi connectivity index (χ3v) is 12.3. The summed E-state index contributed by atoms with van der Waals surface area (Å²) in [6.45, 7) is 4.72. The molecule has 0 unspecified atom stereocenters. The molecule has 10 rings (SSSR count). The highest BCUT2D eigenvalue weighted by atomic mass is 32.1. The molecule has 1 nitrogen and oxygen atoms in total. The Morgan fingerprint density at radius 1 is 0.377 bits per heavy atom. The highest BCUT2D eigenvalue weighted by molar-refractivity contribution is 7.26. The molecule has 252 valence electrons. The third kappa shape index (κ3) is 5.29. The second-order valence-corrected chi connectivity index (χ2v) is 15.6. The van der Waals surface area contributed by atoms with E-state index in [4.69, 9.17) is 0 Å². The van der Waals surface area contributed by atoms with Crippen molar-refractivity contribution in [2.75, 3.05) is 4.90 Å². The summed E-state index contributed by atoms with van der Waals surface area (Å²) in [6.07, 6.45) is 0. The van der Waals surface area contributed by atoms with Crippen LogP contribution in [-0.2, 0) is 5.41 Å². The first kappa shape index (κ1) is 31.5. The summed E-state index contributed by atoms with van der Waals surface area (Å²) < 4.78 is 2.64. The number of hydrogen-bond donors (Lipinski definition) is 0. The van der Waals surface area contributed by atoms with Crippen molar-refractivity contribution in [3.05, 3.63) is 199 Å². The van der Waals surface area contributed by atoms with Crippen molar-refractivity contribution in [3.8, 4) is 44.5 Å². The quantitative estimate of drug-likeness (QED) is 0.167. The zero-order valence-corrected chi connectivity index (χ0v) is 30.6. The number of anilines is 3. The van der Waals surface area contributed by atoms with Gasteiger partial charge >= 0.3 is 0 Å². The van der Waals surface area contributed by atoms with Gasteiger partial charge in [-0.3, -0.25) is 0 Å². The van der Waals surface area contributed by atoms with E-state index in [2.05, 4.69) is 207 Å². The summed E-state index contributed by atoms with van der Waals surface area (Å²) in [5, 5.41) is 2.63. The van der Waals surface area contributed by atoms with Crippen molar-refractivity contribution >= 4 is 48.6 Å². The zero-order chi connectivity index (χ0) is 35.5. The van der Waals surface area contributed by atoms with Gasteiger partial charge in [0.05, 0.1) is 0 Å². The summed E-state index contributed by atoms with van der Waals surface area (Å²) >= 11 is 1.89. The predicted molar refractivity (Wildman–Crippen MR) is 228 cm³/mol. The fourth-order valence-electron chi connectivity index (χ4n) is 8.34. The SMILES string of the molecule is CC1(C)c2ccccc2-c2ccc(-c3cc(-c4ccc(N(c5ccccc5)c5ccc(-c6ccccc6)cc5)cc4)c4sc5ccccc5c4c3)cc21. The van der Waals surface area contributed by atoms with Gasteiger partial charge in [0.2, 0.25) is 0 Å². The van der Waals surface area contributed by atoms with E-state index in [0.29, 0.717) is 0 Å². The number of rotatable bonds is 6. The Balaban J connectivity index is 1.08. The van der Waals surface area contributed by atoms with Crippen LogP contribution in [-0.4, -0.2) is 0 Å². The number of benzene rings is 8. The van der Waals surface area contributed by atoms with Gasteiger partial charge in [-0.25, -0.2) is 0 Å². The molecule has 1 heterocycles. The Bertz CT molecular complexity index is 2780. The normalized spacial score (nSPS) is 12.9. The van der Waals surface area contributed by atoms with Crippen molar-refractivity contribution in [2.45, 2.75) is 19.3 Å². The molecule has 0 atom stereocenters. The maximum atomic E-state index is 2.44. The molecule has 1 aliphatic carbocycles. The van der Waals surface area contributed by atoms with E-state index in [0.717, 1.165) is 17.1 Å². The Morgan fingerprint density at radius 3 is 1.70 bits per heavy atom. The Kier molecular flexibility index (Phi) is 7.42. The van der Waals surface area contributed by atoms with Crippen LogP contribution >= 0.6 is 11.3 Å². The van der Waals surface area contributed by atoms with E-state index in [1.165, 1.54) is 75.8 Å². The topological polar surface area (TPSA) is 3.24 Å². The Hall–Kier alpha value is -6.22. The largest absolute Gasteiger partial charge is 0.311 e. The lowest BCUT2D eigenvalue weighted by Crippen LogP contribution is -2.14. The molecule has 0 amide bonds. The molecule has 1 aromatic heterocycles. The molecular formula is C51H37NS. The van der Waals surface area contributed by atoms with Gasteiger partial charge in [0.1, 0.15) is 0 Å². The number of para-hydroxylation sites is 1. The minimum atomic E-state index is -0.0493. The second kappa shape index (κ2) is 12.5. The maximum Gasteiger partial charge on any atom is 0.0462 e. The van der Waals surface area contributed by atoms with Crippen molar-refractivity contribution in [2.24, 2.45) is 0 Å². The first-order valence-electron chi connectivity index (χ1n) is 18.3. The lowest BCUT2D eigenvalue weighted by atomic mass is 9.81. The monoisotopic (exact) mass is 695 g/mol. The molecule has 0 saturated heterocycles. The minimum Gasteiger partial charge on any atom is -0.311 e. The average Bonchev–Trinajstić information content (AvgIpc) is 3.71. The van der Waals surface area contributed by atoms with Gasteiger partial charge in [-0.05, 0) is 111 Å². The smallest absolute Gasteiger partial charge is 0.0462 e. The molecule has 0 radical (unpaired) electrons. The van der Waals surface area contributed by atoms with Crippen LogP contribution in [0.15, 0.2) is 188 Å². The van der Waals surface area contributed by atoms with Gasteiger partial charge in [-0.2, -0.15) is 0 Å². The third-order valence-electron chi connectivity index (χ3n) is 11.1. The summed E-state index contributed by atoms with van der Waals surface area (Å²) in [5.74, 6) is 0. The molecule has 0 aliphatic heterocycles. The molecule has 53 heavy (non-hydrogen) atoms. The van der Waals surface area contributed by atoms with Crippen molar-refractivity contribution in [3.63, 3.8) is 0 Å². The highest BCUT2D eigenvalue weighted by Crippen LogP contribution is 2.50. The van der Waals surface area contributed by atoms with Gasteiger partial charge in [-0.1, -0.05) is 141 Å². The molecular weight excluding hydrogens is 659 g/mol. The van der Waals surface area contributed by atoms with Crippen LogP contribution in [0.2, 0.25) is 0 Å². The summed E-state index contributed by atoms with van der Waals surface area (Å²) in [5.41, 5.74) is 16.3. The van der Waals surface area contributed by atoms with Gasteiger partial charge in [-0.15, -0.1) is 11.3 Å². The summed E-state index contributed by atoms with van der Waals surface area (Å²) in [7, 11) is 0. The van der Waals surface area contributed by atoms with Crippen LogP contribution < -0.4 is 4.90 Å². The number of thiophene rings is 1. The van der Waals surface area contributed by atoms with Crippen LogP contribution in [0.1, 0.15) is 25.0 Å². The summed E-state index contributed by atoms with van der Waals surface area (Å²) in [4.78, 5) is 2.34. The van der Waals surface area contributed by atoms with E-state index in [9.17, 15) is 0 Å². The molecule has 0 spiro atoms. The van der Waals surface area contributed by atoms with E-state index in [1.54, 1.807) is 0 Å². The van der Waals surface area contributed by atoms with Gasteiger partial charge in [0, 0.05) is 48.2 Å². The first-order valence-corrected chi connectivity index (χ1v) is 19.2. The molecule has 9 aromatic rings. The van der Waals surface area contributed by atoms with E-state index >= 15 is 0 Å². The predicted octanol–water partition coefficient (Wildman–Crippen LogP) is 14.8. The molecule has 0 saturated carbocycles. The second-order valence-electron chi connectivity index (χ2n) is 14.6. The lowest BCUT2D eigenvalue weighted by Gasteiger charge is -2.26.